The summed E-state index contributed by atoms with van der Waals surface area (Å²) >= 11 is 0. The second-order valence-electron chi connectivity index (χ2n) is 4.20. The number of carbonyl (C=O) groups is 1. The van der Waals surface area contributed by atoms with Crippen LogP contribution in [0.4, 0.5) is 8.78 Å². The van der Waals surface area contributed by atoms with Crippen LogP contribution < -0.4 is 10.6 Å². The molecular formula is C12H15F2N3O. The molecule has 1 amide bonds. The van der Waals surface area contributed by atoms with Gasteiger partial charge >= 0.3 is 0 Å². The molecule has 1 fully saturated rings. The van der Waals surface area contributed by atoms with Crippen molar-refractivity contribution in [2.75, 3.05) is 13.1 Å². The van der Waals surface area contributed by atoms with Crippen molar-refractivity contribution in [3.63, 3.8) is 0 Å². The third-order valence-electron chi connectivity index (χ3n) is 2.84. The molecule has 0 unspecified atom stereocenters. The van der Waals surface area contributed by atoms with Crippen LogP contribution in [0.5, 0.6) is 0 Å². The van der Waals surface area contributed by atoms with Gasteiger partial charge in [0.05, 0.1) is 12.2 Å². The summed E-state index contributed by atoms with van der Waals surface area (Å²) in [6.07, 6.45) is -0.489. The summed E-state index contributed by atoms with van der Waals surface area (Å²) < 4.78 is 24.0. The zero-order valence-electron chi connectivity index (χ0n) is 9.83. The highest BCUT2D eigenvalue weighted by Gasteiger charge is 2.18. The fourth-order valence-electron chi connectivity index (χ4n) is 1.97. The average Bonchev–Trinajstić information content (AvgIpc) is 2.90. The van der Waals surface area contributed by atoms with Crippen LogP contribution in [0.3, 0.4) is 0 Å². The van der Waals surface area contributed by atoms with Crippen LogP contribution in [0.1, 0.15) is 35.1 Å². The maximum absolute atomic E-state index is 12.0. The Balaban J connectivity index is 2.04. The van der Waals surface area contributed by atoms with E-state index in [4.69, 9.17) is 0 Å². The number of nitrogens with zero attached hydrogens (tertiary/aromatic N) is 1. The molecule has 4 nitrogen and oxygen atoms in total. The number of aromatic nitrogens is 1. The van der Waals surface area contributed by atoms with E-state index in [0.29, 0.717) is 0 Å². The summed E-state index contributed by atoms with van der Waals surface area (Å²) in [5.41, 5.74) is 0.971. The van der Waals surface area contributed by atoms with E-state index >= 15 is 0 Å². The Kier molecular flexibility index (Phi) is 4.19. The van der Waals surface area contributed by atoms with Gasteiger partial charge in [0.2, 0.25) is 0 Å². The summed E-state index contributed by atoms with van der Waals surface area (Å²) in [4.78, 5) is 15.8. The average molecular weight is 255 g/mol. The first-order chi connectivity index (χ1) is 8.66. The topological polar surface area (TPSA) is 54.0 Å². The highest BCUT2D eigenvalue weighted by Crippen LogP contribution is 2.21. The standard InChI is InChI=1S/C12H15F2N3O/c13-11(14)7-16-12(18)10-4-1-3-9(17-10)8-5-2-6-15-8/h1,3-4,8,11,15H,2,5-7H2,(H,16,18)/t8-/m0/s1. The van der Waals surface area contributed by atoms with E-state index in [0.717, 1.165) is 25.1 Å². The zero-order valence-corrected chi connectivity index (χ0v) is 9.83. The summed E-state index contributed by atoms with van der Waals surface area (Å²) in [6, 6.07) is 5.25. The maximum atomic E-state index is 12.0. The Morgan fingerprint density at radius 2 is 2.39 bits per heavy atom. The Morgan fingerprint density at radius 3 is 3.06 bits per heavy atom. The minimum atomic E-state index is -2.55. The first kappa shape index (κ1) is 12.9. The van der Waals surface area contributed by atoms with Crippen molar-refractivity contribution in [1.82, 2.24) is 15.6 Å². The van der Waals surface area contributed by atoms with Gasteiger partial charge in [-0.15, -0.1) is 0 Å². The van der Waals surface area contributed by atoms with Gasteiger partial charge in [0, 0.05) is 6.04 Å². The van der Waals surface area contributed by atoms with Gasteiger partial charge in [-0.05, 0) is 31.5 Å². The second-order valence-corrected chi connectivity index (χ2v) is 4.20. The number of pyridine rings is 1. The van der Waals surface area contributed by atoms with Crippen molar-refractivity contribution >= 4 is 5.91 Å². The maximum Gasteiger partial charge on any atom is 0.270 e. The van der Waals surface area contributed by atoms with Crippen LogP contribution in [0.2, 0.25) is 0 Å². The number of alkyl halides is 2. The van der Waals surface area contributed by atoms with E-state index in [-0.39, 0.29) is 11.7 Å². The van der Waals surface area contributed by atoms with Crippen LogP contribution in [-0.4, -0.2) is 30.4 Å². The Morgan fingerprint density at radius 1 is 1.56 bits per heavy atom. The summed E-state index contributed by atoms with van der Waals surface area (Å²) in [7, 11) is 0. The number of rotatable bonds is 4. The third kappa shape index (κ3) is 3.22. The molecule has 2 rings (SSSR count). The molecule has 0 spiro atoms. The van der Waals surface area contributed by atoms with Crippen molar-refractivity contribution in [3.8, 4) is 0 Å². The number of carbonyl (C=O) groups excluding carboxylic acids is 1. The van der Waals surface area contributed by atoms with Gasteiger partial charge in [-0.25, -0.2) is 13.8 Å². The Labute approximate surface area is 104 Å². The van der Waals surface area contributed by atoms with Gasteiger partial charge in [-0.3, -0.25) is 4.79 Å². The minimum absolute atomic E-state index is 0.160. The molecule has 1 saturated heterocycles. The van der Waals surface area contributed by atoms with Crippen LogP contribution in [0, 0.1) is 0 Å². The molecule has 98 valence electrons. The number of halogens is 2. The van der Waals surface area contributed by atoms with Gasteiger partial charge in [0.25, 0.3) is 12.3 Å². The molecule has 1 atom stereocenters. The van der Waals surface area contributed by atoms with Gasteiger partial charge in [0.1, 0.15) is 5.69 Å². The number of amides is 1. The monoisotopic (exact) mass is 255 g/mol. The van der Waals surface area contributed by atoms with Crippen molar-refractivity contribution in [2.45, 2.75) is 25.3 Å². The first-order valence-corrected chi connectivity index (χ1v) is 5.93. The van der Waals surface area contributed by atoms with Gasteiger partial charge in [0.15, 0.2) is 0 Å². The highest BCUT2D eigenvalue weighted by atomic mass is 19.3. The fraction of sp³-hybridized carbons (Fsp3) is 0.500. The Hall–Kier alpha value is -1.56. The lowest BCUT2D eigenvalue weighted by Gasteiger charge is -2.11. The van der Waals surface area contributed by atoms with E-state index in [1.165, 1.54) is 6.07 Å². The molecule has 2 N–H and O–H groups in total. The lowest BCUT2D eigenvalue weighted by Crippen LogP contribution is -2.29. The molecule has 2 heterocycles. The molecule has 1 aliphatic rings. The SMILES string of the molecule is O=C(NCC(F)F)c1cccc([C@@H]2CCCN2)n1. The lowest BCUT2D eigenvalue weighted by molar-refractivity contribution is 0.0886. The number of hydrogen-bond donors (Lipinski definition) is 2. The molecule has 0 radical (unpaired) electrons. The predicted molar refractivity (Wildman–Crippen MR) is 62.6 cm³/mol. The van der Waals surface area contributed by atoms with E-state index < -0.39 is 18.9 Å². The zero-order chi connectivity index (χ0) is 13.0. The fourth-order valence-corrected chi connectivity index (χ4v) is 1.97. The molecule has 1 aliphatic heterocycles. The minimum Gasteiger partial charge on any atom is -0.345 e. The molecule has 0 saturated carbocycles. The third-order valence-corrected chi connectivity index (χ3v) is 2.84. The van der Waals surface area contributed by atoms with Gasteiger partial charge in [-0.2, -0.15) is 0 Å². The molecule has 6 heteroatoms. The van der Waals surface area contributed by atoms with Crippen molar-refractivity contribution in [1.29, 1.82) is 0 Å². The van der Waals surface area contributed by atoms with E-state index in [1.54, 1.807) is 6.07 Å². The van der Waals surface area contributed by atoms with Crippen LogP contribution in [0.15, 0.2) is 18.2 Å². The van der Waals surface area contributed by atoms with E-state index in [1.807, 2.05) is 6.07 Å². The normalized spacial score (nSPS) is 19.2. The largest absolute Gasteiger partial charge is 0.345 e. The number of hydrogen-bond acceptors (Lipinski definition) is 3. The summed E-state index contributed by atoms with van der Waals surface area (Å²) in [5.74, 6) is -0.560. The molecule has 0 aliphatic carbocycles. The van der Waals surface area contributed by atoms with E-state index in [9.17, 15) is 13.6 Å². The van der Waals surface area contributed by atoms with Gasteiger partial charge in [-0.1, -0.05) is 6.07 Å². The van der Waals surface area contributed by atoms with Gasteiger partial charge < -0.3 is 10.6 Å². The van der Waals surface area contributed by atoms with Crippen LogP contribution >= 0.6 is 0 Å². The molecule has 18 heavy (non-hydrogen) atoms. The van der Waals surface area contributed by atoms with Crippen molar-refractivity contribution in [3.05, 3.63) is 29.6 Å². The molecular weight excluding hydrogens is 240 g/mol. The summed E-state index contributed by atoms with van der Waals surface area (Å²) in [6.45, 7) is 0.292. The quantitative estimate of drug-likeness (QED) is 0.857. The predicted octanol–water partition coefficient (Wildman–Crippen LogP) is 1.50. The Bertz CT molecular complexity index is 420. The second kappa shape index (κ2) is 5.86. The highest BCUT2D eigenvalue weighted by molar-refractivity contribution is 5.92. The lowest BCUT2D eigenvalue weighted by atomic mass is 10.1. The van der Waals surface area contributed by atoms with Crippen molar-refractivity contribution < 1.29 is 13.6 Å². The van der Waals surface area contributed by atoms with Crippen LogP contribution in [0.25, 0.3) is 0 Å². The first-order valence-electron chi connectivity index (χ1n) is 5.93. The van der Waals surface area contributed by atoms with Crippen molar-refractivity contribution in [2.24, 2.45) is 0 Å². The molecule has 1 aromatic heterocycles. The molecule has 0 bridgehead atoms. The van der Waals surface area contributed by atoms with Crippen LogP contribution in [-0.2, 0) is 0 Å². The number of nitrogens with one attached hydrogen (secondary N) is 2. The molecule has 0 aromatic carbocycles. The van der Waals surface area contributed by atoms with E-state index in [2.05, 4.69) is 15.6 Å². The molecule has 1 aromatic rings. The summed E-state index contributed by atoms with van der Waals surface area (Å²) in [5, 5.41) is 5.42. The smallest absolute Gasteiger partial charge is 0.270 e.